The lowest BCUT2D eigenvalue weighted by Crippen LogP contribution is -2.48. The van der Waals surface area contributed by atoms with E-state index >= 15 is 0 Å². The van der Waals surface area contributed by atoms with E-state index in [-0.39, 0.29) is 12.5 Å². The second-order valence-corrected chi connectivity index (χ2v) is 7.32. The molecule has 1 aromatic rings. The molecular weight excluding hydrogens is 308 g/mol. The quantitative estimate of drug-likeness (QED) is 0.829. The van der Waals surface area contributed by atoms with Crippen molar-refractivity contribution in [2.24, 2.45) is 0 Å². The second kappa shape index (κ2) is 6.34. The monoisotopic (exact) mass is 332 g/mol. The number of hydrogen-bond donors (Lipinski definition) is 2. The Labute approximate surface area is 141 Å². The second-order valence-electron chi connectivity index (χ2n) is 7.32. The SMILES string of the molecule is CC(C)(C)OC(=O)N[C@H]1COc2cc3c(cc2NC1=O)CCCC3. The van der Waals surface area contributed by atoms with Crippen molar-refractivity contribution in [3.63, 3.8) is 0 Å². The molecule has 1 aliphatic heterocycles. The summed E-state index contributed by atoms with van der Waals surface area (Å²) < 4.78 is 11.0. The number of alkyl carbamates (subject to hydrolysis) is 1. The van der Waals surface area contributed by atoms with E-state index in [1.807, 2.05) is 12.1 Å². The highest BCUT2D eigenvalue weighted by atomic mass is 16.6. The summed E-state index contributed by atoms with van der Waals surface area (Å²) in [6, 6.07) is 3.22. The zero-order valence-corrected chi connectivity index (χ0v) is 14.4. The Hall–Kier alpha value is -2.24. The van der Waals surface area contributed by atoms with Crippen LogP contribution >= 0.6 is 0 Å². The van der Waals surface area contributed by atoms with E-state index < -0.39 is 17.7 Å². The lowest BCUT2D eigenvalue weighted by atomic mass is 9.91. The van der Waals surface area contributed by atoms with E-state index in [4.69, 9.17) is 9.47 Å². The van der Waals surface area contributed by atoms with Gasteiger partial charge >= 0.3 is 6.09 Å². The van der Waals surface area contributed by atoms with Crippen LogP contribution in [-0.4, -0.2) is 30.3 Å². The minimum atomic E-state index is -0.788. The molecule has 0 unspecified atom stereocenters. The Morgan fingerprint density at radius 2 is 1.92 bits per heavy atom. The number of hydrogen-bond acceptors (Lipinski definition) is 4. The molecule has 0 radical (unpaired) electrons. The van der Waals surface area contributed by atoms with Gasteiger partial charge in [0.05, 0.1) is 5.69 Å². The van der Waals surface area contributed by atoms with Crippen molar-refractivity contribution in [3.8, 4) is 5.75 Å². The number of nitrogens with one attached hydrogen (secondary N) is 2. The van der Waals surface area contributed by atoms with Crippen LogP contribution in [0, 0.1) is 0 Å². The van der Waals surface area contributed by atoms with Crippen LogP contribution in [0.5, 0.6) is 5.75 Å². The maximum atomic E-state index is 12.4. The van der Waals surface area contributed by atoms with Gasteiger partial charge in [0.25, 0.3) is 5.91 Å². The van der Waals surface area contributed by atoms with Gasteiger partial charge < -0.3 is 20.1 Å². The first-order chi connectivity index (χ1) is 11.3. The summed E-state index contributed by atoms with van der Waals surface area (Å²) in [5, 5.41) is 5.43. The van der Waals surface area contributed by atoms with Gasteiger partial charge in [-0.25, -0.2) is 4.79 Å². The van der Waals surface area contributed by atoms with Crippen LogP contribution in [0.4, 0.5) is 10.5 Å². The van der Waals surface area contributed by atoms with E-state index in [1.54, 1.807) is 20.8 Å². The van der Waals surface area contributed by atoms with Crippen molar-refractivity contribution in [1.82, 2.24) is 5.32 Å². The number of anilines is 1. The van der Waals surface area contributed by atoms with E-state index in [0.29, 0.717) is 11.4 Å². The number of benzene rings is 1. The summed E-state index contributed by atoms with van der Waals surface area (Å²) in [5.74, 6) is 0.368. The first-order valence-corrected chi connectivity index (χ1v) is 8.41. The number of ether oxygens (including phenoxy) is 2. The number of amides is 2. The van der Waals surface area contributed by atoms with E-state index in [2.05, 4.69) is 10.6 Å². The summed E-state index contributed by atoms with van der Waals surface area (Å²) in [4.78, 5) is 24.3. The molecule has 0 aromatic heterocycles. The van der Waals surface area contributed by atoms with Crippen LogP contribution in [0.15, 0.2) is 12.1 Å². The summed E-state index contributed by atoms with van der Waals surface area (Å²) in [5.41, 5.74) is 2.61. The molecule has 2 N–H and O–H groups in total. The van der Waals surface area contributed by atoms with E-state index in [0.717, 1.165) is 12.8 Å². The van der Waals surface area contributed by atoms with Crippen molar-refractivity contribution in [3.05, 3.63) is 23.3 Å². The fourth-order valence-corrected chi connectivity index (χ4v) is 3.01. The third-order valence-corrected chi connectivity index (χ3v) is 4.11. The fourth-order valence-electron chi connectivity index (χ4n) is 3.01. The van der Waals surface area contributed by atoms with Crippen LogP contribution in [-0.2, 0) is 22.4 Å². The highest BCUT2D eigenvalue weighted by Crippen LogP contribution is 2.34. The number of carbonyl (C=O) groups is 2. The zero-order chi connectivity index (χ0) is 17.3. The largest absolute Gasteiger partial charge is 0.489 e. The lowest BCUT2D eigenvalue weighted by Gasteiger charge is -2.22. The Morgan fingerprint density at radius 1 is 1.25 bits per heavy atom. The predicted octanol–water partition coefficient (Wildman–Crippen LogP) is 2.79. The fraction of sp³-hybridized carbons (Fsp3) is 0.556. The minimum Gasteiger partial charge on any atom is -0.489 e. The Morgan fingerprint density at radius 3 is 2.58 bits per heavy atom. The molecule has 0 bridgehead atoms. The molecule has 0 saturated carbocycles. The zero-order valence-electron chi connectivity index (χ0n) is 14.4. The summed E-state index contributed by atoms with van der Waals surface area (Å²) in [6.07, 6.45) is 3.79. The lowest BCUT2D eigenvalue weighted by molar-refractivity contribution is -0.118. The molecule has 6 nitrogen and oxygen atoms in total. The van der Waals surface area contributed by atoms with Crippen molar-refractivity contribution in [2.45, 2.75) is 58.1 Å². The van der Waals surface area contributed by atoms with Gasteiger partial charge in [0.1, 0.15) is 24.0 Å². The Kier molecular flexibility index (Phi) is 4.39. The van der Waals surface area contributed by atoms with Gasteiger partial charge in [-0.15, -0.1) is 0 Å². The van der Waals surface area contributed by atoms with Crippen molar-refractivity contribution < 1.29 is 19.1 Å². The standard InChI is InChI=1S/C18H24N2O4/c1-18(2,3)24-17(22)20-14-10-23-15-9-12-7-5-4-6-11(12)8-13(15)19-16(14)21/h8-9,14H,4-7,10H2,1-3H3,(H,19,21)(H,20,22)/t14-/m0/s1. The van der Waals surface area contributed by atoms with Crippen LogP contribution in [0.1, 0.15) is 44.7 Å². The molecule has 0 saturated heterocycles. The van der Waals surface area contributed by atoms with Crippen LogP contribution < -0.4 is 15.4 Å². The third kappa shape index (κ3) is 3.80. The molecule has 2 amide bonds. The highest BCUT2D eigenvalue weighted by molar-refractivity contribution is 5.98. The van der Waals surface area contributed by atoms with Crippen LogP contribution in [0.25, 0.3) is 0 Å². The molecule has 1 aromatic carbocycles. The molecular formula is C18H24N2O4. The van der Waals surface area contributed by atoms with Crippen LogP contribution in [0.2, 0.25) is 0 Å². The van der Waals surface area contributed by atoms with E-state index in [1.165, 1.54) is 24.0 Å². The molecule has 24 heavy (non-hydrogen) atoms. The molecule has 0 fully saturated rings. The van der Waals surface area contributed by atoms with Crippen molar-refractivity contribution >= 4 is 17.7 Å². The smallest absolute Gasteiger partial charge is 0.408 e. The molecule has 3 rings (SSSR count). The molecule has 2 aliphatic rings. The Balaban J connectivity index is 1.72. The number of rotatable bonds is 1. The molecule has 130 valence electrons. The maximum absolute atomic E-state index is 12.4. The number of aryl methyl sites for hydroxylation is 2. The molecule has 6 heteroatoms. The predicted molar refractivity (Wildman–Crippen MR) is 90.4 cm³/mol. The topological polar surface area (TPSA) is 76.7 Å². The summed E-state index contributed by atoms with van der Waals surface area (Å²) >= 11 is 0. The van der Waals surface area contributed by atoms with Gasteiger partial charge in [-0.05, 0) is 69.7 Å². The molecule has 1 aliphatic carbocycles. The third-order valence-electron chi connectivity index (χ3n) is 4.11. The van der Waals surface area contributed by atoms with Gasteiger partial charge in [0.15, 0.2) is 0 Å². The van der Waals surface area contributed by atoms with Gasteiger partial charge in [0, 0.05) is 0 Å². The number of fused-ring (bicyclic) bond motifs is 2. The van der Waals surface area contributed by atoms with Crippen molar-refractivity contribution in [1.29, 1.82) is 0 Å². The average molecular weight is 332 g/mol. The minimum absolute atomic E-state index is 0.0802. The number of carbonyl (C=O) groups excluding carboxylic acids is 2. The average Bonchev–Trinajstić information content (AvgIpc) is 2.62. The van der Waals surface area contributed by atoms with Gasteiger partial charge in [-0.1, -0.05) is 0 Å². The molecule has 1 atom stereocenters. The molecule has 0 spiro atoms. The van der Waals surface area contributed by atoms with E-state index in [9.17, 15) is 9.59 Å². The highest BCUT2D eigenvalue weighted by Gasteiger charge is 2.29. The molecule has 1 heterocycles. The first-order valence-electron chi connectivity index (χ1n) is 8.41. The van der Waals surface area contributed by atoms with Gasteiger partial charge in [-0.2, -0.15) is 0 Å². The maximum Gasteiger partial charge on any atom is 0.408 e. The van der Waals surface area contributed by atoms with Crippen molar-refractivity contribution in [2.75, 3.05) is 11.9 Å². The summed E-state index contributed by atoms with van der Waals surface area (Å²) in [6.45, 7) is 5.40. The normalized spacial score (nSPS) is 20.0. The van der Waals surface area contributed by atoms with Crippen LogP contribution in [0.3, 0.4) is 0 Å². The van der Waals surface area contributed by atoms with Gasteiger partial charge in [0.2, 0.25) is 0 Å². The van der Waals surface area contributed by atoms with Gasteiger partial charge in [-0.3, -0.25) is 4.79 Å². The Bertz CT molecular complexity index is 664. The summed E-state index contributed by atoms with van der Waals surface area (Å²) in [7, 11) is 0. The first kappa shape index (κ1) is 16.6.